The Morgan fingerprint density at radius 1 is 1.09 bits per heavy atom. The monoisotopic (exact) mass is 353 g/mol. The van der Waals surface area contributed by atoms with Crippen LogP contribution in [0.4, 0.5) is 0 Å². The van der Waals surface area contributed by atoms with Crippen molar-refractivity contribution in [1.29, 1.82) is 0 Å². The van der Waals surface area contributed by atoms with Crippen molar-refractivity contribution >= 4 is 33.4 Å². The molecule has 0 unspecified atom stereocenters. The fraction of sp³-hybridized carbons (Fsp3) is 0.250. The molecule has 3 nitrogen and oxygen atoms in total. The van der Waals surface area contributed by atoms with Gasteiger partial charge in [-0.3, -0.25) is 0 Å². The van der Waals surface area contributed by atoms with E-state index >= 15 is 0 Å². The zero-order chi connectivity index (χ0) is 15.7. The van der Waals surface area contributed by atoms with Crippen LogP contribution in [0.5, 0.6) is 0 Å². The third-order valence-corrected chi connectivity index (χ3v) is 7.16. The Kier molecular flexibility index (Phi) is 4.50. The van der Waals surface area contributed by atoms with E-state index in [4.69, 9.17) is 11.6 Å². The summed E-state index contributed by atoms with van der Waals surface area (Å²) in [4.78, 5) is 0.288. The first kappa shape index (κ1) is 15.9. The molecule has 1 atom stereocenters. The van der Waals surface area contributed by atoms with Gasteiger partial charge in [-0.1, -0.05) is 41.4 Å². The van der Waals surface area contributed by atoms with E-state index in [1.54, 1.807) is 40.3 Å². The van der Waals surface area contributed by atoms with Gasteiger partial charge in [-0.25, -0.2) is 8.42 Å². The molecule has 2 aromatic rings. The smallest absolute Gasteiger partial charge is 0.207 e. The highest BCUT2D eigenvalue weighted by atomic mass is 35.5. The molecule has 0 spiro atoms. The molecule has 1 fully saturated rings. The predicted octanol–water partition coefficient (Wildman–Crippen LogP) is 4.08. The maximum absolute atomic E-state index is 12.9. The van der Waals surface area contributed by atoms with Gasteiger partial charge in [-0.05, 0) is 36.8 Å². The van der Waals surface area contributed by atoms with E-state index in [1.807, 2.05) is 31.2 Å². The van der Waals surface area contributed by atoms with Gasteiger partial charge in [0, 0.05) is 17.3 Å². The number of rotatable bonds is 3. The number of nitrogens with zero attached hydrogens (tertiary/aromatic N) is 1. The third-order valence-electron chi connectivity index (χ3n) is 3.63. The number of aryl methyl sites for hydroxylation is 1. The lowest BCUT2D eigenvalue weighted by atomic mass is 10.1. The summed E-state index contributed by atoms with van der Waals surface area (Å²) in [6.45, 7) is 2.54. The minimum atomic E-state index is -3.51. The first-order valence-electron chi connectivity index (χ1n) is 6.94. The zero-order valence-electron chi connectivity index (χ0n) is 12.1. The number of halogens is 1. The third kappa shape index (κ3) is 3.04. The van der Waals surface area contributed by atoms with Crippen molar-refractivity contribution in [2.45, 2.75) is 17.2 Å². The lowest BCUT2D eigenvalue weighted by molar-refractivity contribution is 0.434. The van der Waals surface area contributed by atoms with E-state index in [1.165, 1.54) is 5.56 Å². The summed E-state index contributed by atoms with van der Waals surface area (Å²) in [7, 11) is -3.51. The van der Waals surface area contributed by atoms with E-state index in [0.29, 0.717) is 11.6 Å². The van der Waals surface area contributed by atoms with Gasteiger partial charge in [-0.15, -0.1) is 11.8 Å². The van der Waals surface area contributed by atoms with Crippen molar-refractivity contribution in [3.63, 3.8) is 0 Å². The fourth-order valence-electron chi connectivity index (χ4n) is 2.44. The van der Waals surface area contributed by atoms with E-state index in [2.05, 4.69) is 0 Å². The molecule has 22 heavy (non-hydrogen) atoms. The van der Waals surface area contributed by atoms with Gasteiger partial charge in [-0.2, -0.15) is 4.31 Å². The molecule has 0 radical (unpaired) electrons. The first-order valence-corrected chi connectivity index (χ1v) is 9.81. The van der Waals surface area contributed by atoms with Gasteiger partial charge < -0.3 is 0 Å². The average Bonchev–Trinajstić information content (AvgIpc) is 2.99. The second kappa shape index (κ2) is 6.24. The number of sulfonamides is 1. The largest absolute Gasteiger partial charge is 0.244 e. The summed E-state index contributed by atoms with van der Waals surface area (Å²) in [5.41, 5.74) is 2.18. The molecule has 1 heterocycles. The first-order chi connectivity index (χ1) is 10.5. The molecule has 1 aliphatic rings. The van der Waals surface area contributed by atoms with Gasteiger partial charge >= 0.3 is 0 Å². The molecule has 3 rings (SSSR count). The standard InChI is InChI=1S/C16H16ClNO2S2/c1-12-2-4-13(5-3-12)16-18(10-11-21-16)22(19,20)15-8-6-14(17)7-9-15/h2-9,16H,10-11H2,1H3/t16-/m1/s1. The van der Waals surface area contributed by atoms with Crippen molar-refractivity contribution in [2.75, 3.05) is 12.3 Å². The summed E-state index contributed by atoms with van der Waals surface area (Å²) in [5, 5.41) is 0.367. The van der Waals surface area contributed by atoms with Crippen molar-refractivity contribution in [2.24, 2.45) is 0 Å². The summed E-state index contributed by atoms with van der Waals surface area (Å²) in [5.74, 6) is 0.797. The highest BCUT2D eigenvalue weighted by Crippen LogP contribution is 2.41. The minimum absolute atomic E-state index is 0.165. The van der Waals surface area contributed by atoms with Crippen LogP contribution in [-0.4, -0.2) is 25.0 Å². The van der Waals surface area contributed by atoms with E-state index in [-0.39, 0.29) is 10.3 Å². The van der Waals surface area contributed by atoms with Crippen LogP contribution < -0.4 is 0 Å². The van der Waals surface area contributed by atoms with Gasteiger partial charge in [0.1, 0.15) is 0 Å². The number of hydrogen-bond donors (Lipinski definition) is 0. The molecular weight excluding hydrogens is 338 g/mol. The van der Waals surface area contributed by atoms with Crippen LogP contribution in [-0.2, 0) is 10.0 Å². The molecule has 0 saturated carbocycles. The molecule has 6 heteroatoms. The van der Waals surface area contributed by atoms with E-state index in [9.17, 15) is 8.42 Å². The van der Waals surface area contributed by atoms with Crippen molar-refractivity contribution in [1.82, 2.24) is 4.31 Å². The number of thioether (sulfide) groups is 1. The summed E-state index contributed by atoms with van der Waals surface area (Å²) in [6, 6.07) is 14.4. The molecule has 0 bridgehead atoms. The molecular formula is C16H16ClNO2S2. The highest BCUT2D eigenvalue weighted by molar-refractivity contribution is 8.01. The molecule has 0 N–H and O–H groups in total. The Labute approximate surface area is 140 Å². The second-order valence-corrected chi connectivity index (χ2v) is 8.72. The molecule has 0 aliphatic carbocycles. The maximum atomic E-state index is 12.9. The predicted molar refractivity (Wildman–Crippen MR) is 91.7 cm³/mol. The van der Waals surface area contributed by atoms with E-state index < -0.39 is 10.0 Å². The Bertz CT molecular complexity index is 758. The minimum Gasteiger partial charge on any atom is -0.207 e. The maximum Gasteiger partial charge on any atom is 0.244 e. The van der Waals surface area contributed by atoms with Crippen LogP contribution in [0.15, 0.2) is 53.4 Å². The molecule has 0 aromatic heterocycles. The van der Waals surface area contributed by atoms with Gasteiger partial charge in [0.25, 0.3) is 0 Å². The van der Waals surface area contributed by atoms with Crippen LogP contribution in [0.25, 0.3) is 0 Å². The van der Waals surface area contributed by atoms with E-state index in [0.717, 1.165) is 11.3 Å². The SMILES string of the molecule is Cc1ccc([C@H]2SCCN2S(=O)(=O)c2ccc(Cl)cc2)cc1. The molecule has 1 aliphatic heterocycles. The topological polar surface area (TPSA) is 37.4 Å². The van der Waals surface area contributed by atoms with Gasteiger partial charge in [0.2, 0.25) is 10.0 Å². The van der Waals surface area contributed by atoms with Gasteiger partial charge in [0.05, 0.1) is 10.3 Å². The van der Waals surface area contributed by atoms with Gasteiger partial charge in [0.15, 0.2) is 0 Å². The number of hydrogen-bond acceptors (Lipinski definition) is 3. The van der Waals surface area contributed by atoms with Crippen LogP contribution in [0, 0.1) is 6.92 Å². The van der Waals surface area contributed by atoms with Crippen molar-refractivity contribution < 1.29 is 8.42 Å². The molecule has 2 aromatic carbocycles. The Morgan fingerprint density at radius 2 is 1.73 bits per heavy atom. The highest BCUT2D eigenvalue weighted by Gasteiger charge is 2.36. The summed E-state index contributed by atoms with van der Waals surface area (Å²) < 4.78 is 27.3. The zero-order valence-corrected chi connectivity index (χ0v) is 14.5. The van der Waals surface area contributed by atoms with Crippen molar-refractivity contribution in [3.8, 4) is 0 Å². The molecule has 0 amide bonds. The quantitative estimate of drug-likeness (QED) is 0.834. The van der Waals surface area contributed by atoms with Crippen LogP contribution in [0.2, 0.25) is 5.02 Å². The van der Waals surface area contributed by atoms with Crippen LogP contribution in [0.3, 0.4) is 0 Å². The normalized spacial score (nSPS) is 19.5. The number of benzene rings is 2. The second-order valence-electron chi connectivity index (χ2n) is 5.20. The Balaban J connectivity index is 1.95. The van der Waals surface area contributed by atoms with Crippen LogP contribution in [0.1, 0.15) is 16.5 Å². The van der Waals surface area contributed by atoms with Crippen molar-refractivity contribution in [3.05, 3.63) is 64.7 Å². The lowest BCUT2D eigenvalue weighted by Gasteiger charge is -2.23. The Hall–Kier alpha value is -1.01. The molecule has 116 valence electrons. The Morgan fingerprint density at radius 3 is 2.36 bits per heavy atom. The molecule has 1 saturated heterocycles. The average molecular weight is 354 g/mol. The summed E-state index contributed by atoms with van der Waals surface area (Å²) >= 11 is 7.50. The summed E-state index contributed by atoms with van der Waals surface area (Å²) in [6.07, 6.45) is 0. The van der Waals surface area contributed by atoms with Crippen LogP contribution >= 0.6 is 23.4 Å². The fourth-order valence-corrected chi connectivity index (χ4v) is 5.80. The lowest BCUT2D eigenvalue weighted by Crippen LogP contribution is -2.30.